The van der Waals surface area contributed by atoms with Crippen molar-refractivity contribution in [2.75, 3.05) is 23.3 Å². The fraction of sp³-hybridized carbons (Fsp3) is 0.312. The first kappa shape index (κ1) is 14.1. The molecule has 2 heterocycles. The highest BCUT2D eigenvalue weighted by Gasteiger charge is 2.20. The van der Waals surface area contributed by atoms with Gasteiger partial charge >= 0.3 is 0 Å². The SMILES string of the molecule is Fc1ccc(Cl)c(NC2CCN(c3ccncc3)CC2)c1. The summed E-state index contributed by atoms with van der Waals surface area (Å²) < 4.78 is 13.3. The quantitative estimate of drug-likeness (QED) is 0.930. The number of anilines is 2. The number of halogens is 2. The van der Waals surface area contributed by atoms with Gasteiger partial charge in [0, 0.05) is 37.2 Å². The number of benzene rings is 1. The molecule has 0 aliphatic carbocycles. The number of aromatic nitrogens is 1. The van der Waals surface area contributed by atoms with Gasteiger partial charge in [-0.05, 0) is 43.2 Å². The lowest BCUT2D eigenvalue weighted by atomic mass is 10.0. The van der Waals surface area contributed by atoms with Gasteiger partial charge in [-0.1, -0.05) is 11.6 Å². The molecule has 1 aromatic carbocycles. The van der Waals surface area contributed by atoms with E-state index in [9.17, 15) is 4.39 Å². The number of rotatable bonds is 3. The van der Waals surface area contributed by atoms with E-state index in [4.69, 9.17) is 11.6 Å². The summed E-state index contributed by atoms with van der Waals surface area (Å²) in [7, 11) is 0. The Balaban J connectivity index is 1.60. The molecule has 0 radical (unpaired) electrons. The maximum Gasteiger partial charge on any atom is 0.125 e. The van der Waals surface area contributed by atoms with E-state index in [0.29, 0.717) is 16.8 Å². The molecule has 3 nitrogen and oxygen atoms in total. The smallest absolute Gasteiger partial charge is 0.125 e. The van der Waals surface area contributed by atoms with Crippen LogP contribution in [0.25, 0.3) is 0 Å². The van der Waals surface area contributed by atoms with Crippen molar-refractivity contribution in [1.29, 1.82) is 0 Å². The minimum Gasteiger partial charge on any atom is -0.381 e. The monoisotopic (exact) mass is 305 g/mol. The van der Waals surface area contributed by atoms with Crippen LogP contribution < -0.4 is 10.2 Å². The van der Waals surface area contributed by atoms with Gasteiger partial charge in [0.1, 0.15) is 5.82 Å². The van der Waals surface area contributed by atoms with E-state index in [1.54, 1.807) is 6.07 Å². The topological polar surface area (TPSA) is 28.2 Å². The molecular weight excluding hydrogens is 289 g/mol. The van der Waals surface area contributed by atoms with E-state index in [-0.39, 0.29) is 5.82 Å². The molecule has 0 atom stereocenters. The summed E-state index contributed by atoms with van der Waals surface area (Å²) in [4.78, 5) is 6.38. The molecule has 1 aliphatic rings. The second kappa shape index (κ2) is 6.31. The number of nitrogens with zero attached hydrogens (tertiary/aromatic N) is 2. The Hall–Kier alpha value is -1.81. The summed E-state index contributed by atoms with van der Waals surface area (Å²) in [5.41, 5.74) is 1.88. The normalized spacial score (nSPS) is 16.0. The lowest BCUT2D eigenvalue weighted by Crippen LogP contribution is -2.39. The maximum atomic E-state index is 13.3. The van der Waals surface area contributed by atoms with Crippen molar-refractivity contribution in [3.05, 3.63) is 53.6 Å². The summed E-state index contributed by atoms with van der Waals surface area (Å²) in [6.45, 7) is 1.93. The first-order valence-electron chi connectivity index (χ1n) is 7.09. The van der Waals surface area contributed by atoms with Crippen LogP contribution >= 0.6 is 11.6 Å². The van der Waals surface area contributed by atoms with Crippen LogP contribution in [0, 0.1) is 5.82 Å². The van der Waals surface area contributed by atoms with E-state index in [2.05, 4.69) is 15.2 Å². The molecular formula is C16H17ClFN3. The standard InChI is InChI=1S/C16H17ClFN3/c17-15-2-1-12(18)11-16(15)20-13-5-9-21(10-6-13)14-3-7-19-8-4-14/h1-4,7-8,11,13,20H,5-6,9-10H2. The highest BCUT2D eigenvalue weighted by Crippen LogP contribution is 2.26. The number of piperidine rings is 1. The van der Waals surface area contributed by atoms with Crippen molar-refractivity contribution in [2.24, 2.45) is 0 Å². The van der Waals surface area contributed by atoms with Gasteiger partial charge in [0.05, 0.1) is 10.7 Å². The molecule has 3 rings (SSSR count). The third-order valence-corrected chi connectivity index (χ3v) is 4.14. The van der Waals surface area contributed by atoms with Crippen LogP contribution in [0.4, 0.5) is 15.8 Å². The van der Waals surface area contributed by atoms with Crippen LogP contribution in [0.2, 0.25) is 5.02 Å². The number of hydrogen-bond acceptors (Lipinski definition) is 3. The van der Waals surface area contributed by atoms with Gasteiger partial charge in [-0.15, -0.1) is 0 Å². The van der Waals surface area contributed by atoms with Gasteiger partial charge in [0.25, 0.3) is 0 Å². The van der Waals surface area contributed by atoms with Crippen LogP contribution in [0.1, 0.15) is 12.8 Å². The van der Waals surface area contributed by atoms with E-state index in [0.717, 1.165) is 25.9 Å². The van der Waals surface area contributed by atoms with E-state index < -0.39 is 0 Å². The second-order valence-electron chi connectivity index (χ2n) is 5.24. The lowest BCUT2D eigenvalue weighted by Gasteiger charge is -2.34. The Labute approximate surface area is 128 Å². The lowest BCUT2D eigenvalue weighted by molar-refractivity contribution is 0.526. The molecule has 1 aliphatic heterocycles. The Morgan fingerprint density at radius 3 is 2.57 bits per heavy atom. The Morgan fingerprint density at radius 2 is 1.86 bits per heavy atom. The Kier molecular flexibility index (Phi) is 4.25. The molecule has 1 fully saturated rings. The Bertz CT molecular complexity index is 598. The second-order valence-corrected chi connectivity index (χ2v) is 5.64. The molecule has 110 valence electrons. The Morgan fingerprint density at radius 1 is 1.14 bits per heavy atom. The molecule has 2 aromatic rings. The van der Waals surface area contributed by atoms with Crippen molar-refractivity contribution in [2.45, 2.75) is 18.9 Å². The molecule has 0 saturated carbocycles. The zero-order valence-corrected chi connectivity index (χ0v) is 12.4. The minimum absolute atomic E-state index is 0.267. The molecule has 0 unspecified atom stereocenters. The van der Waals surface area contributed by atoms with Gasteiger partial charge in [-0.3, -0.25) is 4.98 Å². The zero-order valence-electron chi connectivity index (χ0n) is 11.6. The highest BCUT2D eigenvalue weighted by atomic mass is 35.5. The van der Waals surface area contributed by atoms with Crippen molar-refractivity contribution in [3.8, 4) is 0 Å². The summed E-state index contributed by atoms with van der Waals surface area (Å²) in [5, 5.41) is 3.91. The molecule has 0 bridgehead atoms. The maximum absolute atomic E-state index is 13.3. The van der Waals surface area contributed by atoms with Crippen molar-refractivity contribution >= 4 is 23.0 Å². The van der Waals surface area contributed by atoms with Crippen LogP contribution in [0.15, 0.2) is 42.7 Å². The van der Waals surface area contributed by atoms with E-state index >= 15 is 0 Å². The average molecular weight is 306 g/mol. The van der Waals surface area contributed by atoms with Gasteiger partial charge in [0.15, 0.2) is 0 Å². The highest BCUT2D eigenvalue weighted by molar-refractivity contribution is 6.33. The van der Waals surface area contributed by atoms with Gasteiger partial charge < -0.3 is 10.2 Å². The molecule has 5 heteroatoms. The molecule has 21 heavy (non-hydrogen) atoms. The first-order chi connectivity index (χ1) is 10.2. The molecule has 1 saturated heterocycles. The predicted molar refractivity (Wildman–Crippen MR) is 84.5 cm³/mol. The molecule has 1 aromatic heterocycles. The van der Waals surface area contributed by atoms with Crippen LogP contribution in [0.5, 0.6) is 0 Å². The minimum atomic E-state index is -0.267. The van der Waals surface area contributed by atoms with Crippen LogP contribution in [-0.4, -0.2) is 24.1 Å². The zero-order chi connectivity index (χ0) is 14.7. The largest absolute Gasteiger partial charge is 0.381 e. The van der Waals surface area contributed by atoms with E-state index in [1.807, 2.05) is 24.5 Å². The summed E-state index contributed by atoms with van der Waals surface area (Å²) in [6, 6.07) is 8.79. The first-order valence-corrected chi connectivity index (χ1v) is 7.47. The fourth-order valence-electron chi connectivity index (χ4n) is 2.66. The summed E-state index contributed by atoms with van der Waals surface area (Å²) in [5.74, 6) is -0.267. The molecule has 0 amide bonds. The van der Waals surface area contributed by atoms with Crippen LogP contribution in [-0.2, 0) is 0 Å². The predicted octanol–water partition coefficient (Wildman–Crippen LogP) is 3.96. The summed E-state index contributed by atoms with van der Waals surface area (Å²) in [6.07, 6.45) is 5.61. The fourth-order valence-corrected chi connectivity index (χ4v) is 2.84. The number of nitrogens with one attached hydrogen (secondary N) is 1. The van der Waals surface area contributed by atoms with Crippen molar-refractivity contribution in [1.82, 2.24) is 4.98 Å². The third kappa shape index (κ3) is 3.45. The third-order valence-electron chi connectivity index (χ3n) is 3.81. The number of hydrogen-bond donors (Lipinski definition) is 1. The van der Waals surface area contributed by atoms with Gasteiger partial charge in [-0.2, -0.15) is 0 Å². The van der Waals surface area contributed by atoms with Gasteiger partial charge in [-0.25, -0.2) is 4.39 Å². The number of pyridine rings is 1. The average Bonchev–Trinajstić information content (AvgIpc) is 2.53. The van der Waals surface area contributed by atoms with Crippen molar-refractivity contribution < 1.29 is 4.39 Å². The molecule has 1 N–H and O–H groups in total. The molecule has 0 spiro atoms. The van der Waals surface area contributed by atoms with Crippen LogP contribution in [0.3, 0.4) is 0 Å². The summed E-state index contributed by atoms with van der Waals surface area (Å²) >= 11 is 6.09. The van der Waals surface area contributed by atoms with E-state index in [1.165, 1.54) is 17.8 Å². The van der Waals surface area contributed by atoms with Crippen molar-refractivity contribution in [3.63, 3.8) is 0 Å². The van der Waals surface area contributed by atoms with Gasteiger partial charge in [0.2, 0.25) is 0 Å².